The molecule has 8 bridgehead atoms. The summed E-state index contributed by atoms with van der Waals surface area (Å²) in [6.07, 6.45) is 1.54. The van der Waals surface area contributed by atoms with Gasteiger partial charge in [-0.1, -0.05) is 13.8 Å². The molecule has 0 saturated heterocycles. The standard InChI is InChI=1S/C46H51N13O17S6.C6H15NO4S.Cu/c1-4-47-77(60,61)27-7-11-31-35(23-27)43-50-39(31)51-44-36-24-28(78(62,63)48-15-5-17-58(2)19-21-75-81(69,70)71)8-12-32(36)40(52-44)53-45-37-25-29(79(64,65)49-16-6-18-59(3)20-22-76-82(72,73)74)9-13-33(37)41(54-45)56-46-38-26-30(80(66,67)68)10-14-34(38)42(55-43)57-46;1-3-4-7(2)5-6-11-12(8,9)10;/h7-14,23-26,47-49H,4-6,15-22H2,1-3H3,(H,66,67,68)(H,69,70,71)(H,72,73,74)(H2,50,51,52,53,54,55,56,57);3-6H2,1-2H3,(H,8,9,10);. The van der Waals surface area contributed by atoms with Crippen molar-refractivity contribution in [1.29, 1.82) is 0 Å². The summed E-state index contributed by atoms with van der Waals surface area (Å²) >= 11 is 0. The van der Waals surface area contributed by atoms with Crippen LogP contribution in [0.2, 0.25) is 0 Å². The largest absolute Gasteiger partial charge is 0.397 e. The molecule has 95 heavy (non-hydrogen) atoms. The monoisotopic (exact) mass is 1510 g/mol. The summed E-state index contributed by atoms with van der Waals surface area (Å²) in [6, 6.07) is 15.9. The summed E-state index contributed by atoms with van der Waals surface area (Å²) in [4.78, 5) is 39.3. The van der Waals surface area contributed by atoms with E-state index in [0.29, 0.717) is 19.6 Å². The average Bonchev–Trinajstić information content (AvgIpc) is 1.61. The first-order chi connectivity index (χ1) is 43.9. The Morgan fingerprint density at radius 1 is 0.400 bits per heavy atom. The van der Waals surface area contributed by atoms with Crippen molar-refractivity contribution in [3.05, 3.63) is 72.8 Å². The van der Waals surface area contributed by atoms with Crippen molar-refractivity contribution in [2.45, 2.75) is 52.7 Å². The smallest absolute Gasteiger partial charge is 0.324 e. The van der Waals surface area contributed by atoms with Crippen molar-refractivity contribution in [2.24, 2.45) is 0 Å². The molecule has 5 heterocycles. The third kappa shape index (κ3) is 20.5. The van der Waals surface area contributed by atoms with Gasteiger partial charge in [-0.25, -0.2) is 81.9 Å². The average molecular weight is 1510 g/mol. The van der Waals surface area contributed by atoms with Crippen LogP contribution in [0.25, 0.3) is 89.7 Å². The van der Waals surface area contributed by atoms with Gasteiger partial charge in [0.25, 0.3) is 10.1 Å². The number of nitrogens with zero attached hydrogens (tertiary/aromatic N) is 9. The number of H-pyrrole nitrogens is 2. The first kappa shape index (κ1) is 76.3. The molecule has 7 aromatic rings. The SMILES string of the molecule is CCCN(C)CCOS(=O)(=O)O.CCNS(=O)(=O)c1ccc2c(c1)-c1nc-2nc2[nH]c(nc3nc(nc4[nH]c(n1)c1ccc(S(=O)(=O)O)cc41)-c1ccc(S(=O)(=O)NCCCN(C)CCOS(=O)(=O)O)cc1-3)c1ccc(S(=O)(=O)NCCCN(C)CCOS(=O)(=O)O)cc21.[Cu]. The molecule has 1 radical (unpaired) electrons. The van der Waals surface area contributed by atoms with E-state index in [0.717, 1.165) is 25.1 Å². The molecule has 0 fully saturated rings. The Balaban J connectivity index is 0.000000891. The molecule has 0 amide bonds. The van der Waals surface area contributed by atoms with E-state index in [1.807, 2.05) is 18.9 Å². The van der Waals surface area contributed by atoms with Gasteiger partial charge in [0.2, 0.25) is 30.1 Å². The molecule has 9 N–H and O–H groups in total. The second kappa shape index (κ2) is 31.2. The summed E-state index contributed by atoms with van der Waals surface area (Å²) < 4.78 is 228. The predicted octanol–water partition coefficient (Wildman–Crippen LogP) is 2.40. The van der Waals surface area contributed by atoms with Crippen molar-refractivity contribution in [3.8, 4) is 45.6 Å². The molecule has 0 spiro atoms. The molecule has 2 aliphatic rings. The van der Waals surface area contributed by atoms with Crippen LogP contribution in [0.3, 0.4) is 0 Å². The molecule has 0 unspecified atom stereocenters. The van der Waals surface area contributed by atoms with E-state index in [4.69, 9.17) is 43.6 Å². The molecular weight excluding hydrogens is 1440 g/mol. The molecule has 4 aromatic carbocycles. The quantitative estimate of drug-likeness (QED) is 0.0177. The minimum absolute atomic E-state index is 0. The zero-order chi connectivity index (χ0) is 68.8. The van der Waals surface area contributed by atoms with Crippen molar-refractivity contribution in [2.75, 3.05) is 99.9 Å². The topological polar surface area (TPSA) is 502 Å². The van der Waals surface area contributed by atoms with Crippen LogP contribution in [0.5, 0.6) is 0 Å². The van der Waals surface area contributed by atoms with Gasteiger partial charge in [0.15, 0.2) is 23.3 Å². The van der Waals surface area contributed by atoms with Crippen molar-refractivity contribution >= 4 is 116 Å². The maximum absolute atomic E-state index is 13.9. The Hall–Kier alpha value is -6.11. The van der Waals surface area contributed by atoms with Gasteiger partial charge in [-0.15, -0.1) is 0 Å². The predicted molar refractivity (Wildman–Crippen MR) is 342 cm³/mol. The molecule has 43 heteroatoms. The maximum atomic E-state index is 13.9. The fourth-order valence-electron chi connectivity index (χ4n) is 9.54. The van der Waals surface area contributed by atoms with Crippen LogP contribution in [0.4, 0.5) is 0 Å². The number of benzene rings is 4. The van der Waals surface area contributed by atoms with Gasteiger partial charge in [-0.3, -0.25) is 18.2 Å². The van der Waals surface area contributed by atoms with Gasteiger partial charge in [0.1, 0.15) is 22.6 Å². The zero-order valence-electron chi connectivity index (χ0n) is 50.9. The molecule has 0 aliphatic carbocycles. The Morgan fingerprint density at radius 3 is 1.09 bits per heavy atom. The zero-order valence-corrected chi connectivity index (χ0v) is 57.6. The summed E-state index contributed by atoms with van der Waals surface area (Å²) in [6.45, 7) is 5.10. The summed E-state index contributed by atoms with van der Waals surface area (Å²) in [7, 11) is -25.8. The fourth-order valence-corrected chi connectivity index (χ4v) is 14.2. The minimum atomic E-state index is -4.79. The molecule has 35 nitrogen and oxygen atoms in total. The molecular formula is C52H66CuN14O21S7. The number of nitrogens with one attached hydrogen (secondary N) is 5. The molecule has 2 aliphatic heterocycles. The van der Waals surface area contributed by atoms with Gasteiger partial charge < -0.3 is 24.7 Å². The van der Waals surface area contributed by atoms with E-state index in [1.165, 1.54) is 60.7 Å². The van der Waals surface area contributed by atoms with E-state index >= 15 is 0 Å². The Morgan fingerprint density at radius 2 is 0.726 bits per heavy atom. The van der Waals surface area contributed by atoms with E-state index in [-0.39, 0.29) is 187 Å². The Labute approximate surface area is 558 Å². The van der Waals surface area contributed by atoms with E-state index in [1.54, 1.807) is 30.8 Å². The third-order valence-electron chi connectivity index (χ3n) is 14.0. The normalized spacial score (nSPS) is 13.1. The van der Waals surface area contributed by atoms with Gasteiger partial charge >= 0.3 is 31.2 Å². The Bertz CT molecular complexity index is 5030. The second-order valence-electron chi connectivity index (χ2n) is 21.1. The first-order valence-corrected chi connectivity index (χ1v) is 38.2. The van der Waals surface area contributed by atoms with Crippen LogP contribution >= 0.6 is 0 Å². The van der Waals surface area contributed by atoms with E-state index in [9.17, 15) is 63.5 Å². The number of fused-ring (bicyclic) bond motifs is 20. The van der Waals surface area contributed by atoms with Crippen LogP contribution in [0, 0.1) is 0 Å². The van der Waals surface area contributed by atoms with Crippen LogP contribution in [0.15, 0.2) is 92.4 Å². The molecule has 523 valence electrons. The van der Waals surface area contributed by atoms with Crippen molar-refractivity contribution in [3.63, 3.8) is 0 Å². The Kier molecular flexibility index (Phi) is 25.0. The summed E-state index contributed by atoms with van der Waals surface area (Å²) in [5.41, 5.74) is 0.857. The van der Waals surface area contributed by atoms with Gasteiger partial charge in [0.05, 0.1) is 39.4 Å². The molecule has 0 atom stereocenters. The third-order valence-corrected chi connectivity index (χ3v) is 20.7. The fraction of sp³-hybridized carbons (Fsp3) is 0.385. The second-order valence-corrected chi connectivity index (χ2v) is 31.1. The summed E-state index contributed by atoms with van der Waals surface area (Å²) in [5, 5.41) is 0.825. The first-order valence-electron chi connectivity index (χ1n) is 28.2. The van der Waals surface area contributed by atoms with Gasteiger partial charge in [-0.05, 0) is 133 Å². The molecule has 0 saturated carbocycles. The molecule has 9 rings (SSSR count). The number of rotatable bonds is 30. The van der Waals surface area contributed by atoms with Crippen LogP contribution in [-0.2, 0) is 101 Å². The van der Waals surface area contributed by atoms with Gasteiger partial charge in [-0.2, -0.15) is 33.7 Å². The summed E-state index contributed by atoms with van der Waals surface area (Å²) in [5.74, 6) is -0.288. The number of hydrogen-bond acceptors (Lipinski definition) is 26. The van der Waals surface area contributed by atoms with E-state index in [2.05, 4.69) is 36.7 Å². The van der Waals surface area contributed by atoms with Crippen LogP contribution in [-0.4, -0.2) is 232 Å². The van der Waals surface area contributed by atoms with Gasteiger partial charge in [0, 0.05) is 100 Å². The van der Waals surface area contributed by atoms with Crippen molar-refractivity contribution < 1.29 is 107 Å². The maximum Gasteiger partial charge on any atom is 0.397 e. The molecule has 3 aromatic heterocycles. The van der Waals surface area contributed by atoms with Crippen LogP contribution in [0.1, 0.15) is 33.1 Å². The van der Waals surface area contributed by atoms with Crippen LogP contribution < -0.4 is 14.2 Å². The number of hydrogen-bond donors (Lipinski definition) is 9. The number of aromatic amines is 2. The minimum Gasteiger partial charge on any atom is -0.324 e. The van der Waals surface area contributed by atoms with E-state index < -0.39 is 76.3 Å². The van der Waals surface area contributed by atoms with Crippen molar-refractivity contribution in [1.82, 2.24) is 68.7 Å². The number of likely N-dealkylation sites (N-methyl/N-ethyl adjacent to an activating group) is 3. The number of aromatic nitrogens is 8. The number of sulfonamides is 3.